The third-order valence-corrected chi connectivity index (χ3v) is 8.12. The van der Waals surface area contributed by atoms with Gasteiger partial charge in [-0.25, -0.2) is 0 Å². The number of rotatable bonds is 27. The summed E-state index contributed by atoms with van der Waals surface area (Å²) in [5, 5.41) is 10.5. The summed E-state index contributed by atoms with van der Waals surface area (Å²) in [6, 6.07) is 5.08. The molecule has 4 N–H and O–H groups in total. The standard InChI is InChI=1S/C37H55N5O12/c1-25(2)26(3)37(49)54-24-29-6-8-30(9-7-29)41-36(48)28(5)40-35(47)27(4)39-32(44)13-16-50-18-20-52-22-23-53-21-19-51-17-14-38-31(43)12-15-42-33(45)10-11-34(42)46/h6-11,25-28H,12-24H2,1-5H3,(H,38,43)(H,39,44)(H,40,47)(H,41,48)/t26?,27-,28-/m1/s1. The first-order valence-electron chi connectivity index (χ1n) is 18.1. The van der Waals surface area contributed by atoms with E-state index in [1.165, 1.54) is 26.0 Å². The lowest BCUT2D eigenvalue weighted by Gasteiger charge is -2.18. The molecule has 0 saturated heterocycles. The van der Waals surface area contributed by atoms with Gasteiger partial charge in [0.05, 0.1) is 58.8 Å². The van der Waals surface area contributed by atoms with Gasteiger partial charge in [-0.3, -0.25) is 38.5 Å². The van der Waals surface area contributed by atoms with E-state index >= 15 is 0 Å². The molecule has 3 atom stereocenters. The summed E-state index contributed by atoms with van der Waals surface area (Å²) in [6.45, 7) is 11.6. The van der Waals surface area contributed by atoms with Gasteiger partial charge < -0.3 is 45.0 Å². The zero-order chi connectivity index (χ0) is 39.9. The minimum absolute atomic E-state index is 0.0211. The van der Waals surface area contributed by atoms with Gasteiger partial charge in [0.15, 0.2) is 0 Å². The maximum Gasteiger partial charge on any atom is 0.309 e. The fourth-order valence-corrected chi connectivity index (χ4v) is 4.42. The number of hydrogen-bond acceptors (Lipinski definition) is 12. The number of benzene rings is 1. The molecule has 1 aliphatic heterocycles. The number of nitrogens with zero attached hydrogens (tertiary/aromatic N) is 1. The Balaban J connectivity index is 1.43. The van der Waals surface area contributed by atoms with Crippen molar-refractivity contribution < 1.29 is 57.2 Å². The predicted molar refractivity (Wildman–Crippen MR) is 195 cm³/mol. The number of carbonyl (C=O) groups is 7. The molecule has 0 aliphatic carbocycles. The molecule has 1 aliphatic rings. The molecule has 0 fully saturated rings. The lowest BCUT2D eigenvalue weighted by Crippen LogP contribution is -2.50. The second-order valence-electron chi connectivity index (χ2n) is 12.8. The highest BCUT2D eigenvalue weighted by atomic mass is 16.6. The highest BCUT2D eigenvalue weighted by Gasteiger charge is 2.24. The van der Waals surface area contributed by atoms with Gasteiger partial charge in [0.1, 0.15) is 18.7 Å². The fraction of sp³-hybridized carbons (Fsp3) is 0.595. The molecule has 17 nitrogen and oxygen atoms in total. The SMILES string of the molecule is CC(C)C(C)C(=O)OCc1ccc(NC(=O)[C@@H](C)NC(=O)[C@@H](C)NC(=O)CCOCCOCCOCCOCCNC(=O)CCN2C(=O)C=CC2=O)cc1. The van der Waals surface area contributed by atoms with E-state index in [0.29, 0.717) is 38.7 Å². The molecule has 1 unspecified atom stereocenters. The predicted octanol–water partition coefficient (Wildman–Crippen LogP) is 0.858. The van der Waals surface area contributed by atoms with Gasteiger partial charge >= 0.3 is 5.97 Å². The highest BCUT2D eigenvalue weighted by Crippen LogP contribution is 2.15. The Labute approximate surface area is 316 Å². The van der Waals surface area contributed by atoms with Crippen LogP contribution < -0.4 is 21.3 Å². The zero-order valence-corrected chi connectivity index (χ0v) is 31.8. The third kappa shape index (κ3) is 18.4. The number of amides is 6. The molecule has 0 saturated carbocycles. The molecule has 6 amide bonds. The monoisotopic (exact) mass is 761 g/mol. The van der Waals surface area contributed by atoms with E-state index in [4.69, 9.17) is 23.7 Å². The van der Waals surface area contributed by atoms with Crippen LogP contribution in [-0.4, -0.2) is 124 Å². The van der Waals surface area contributed by atoms with Gasteiger partial charge in [-0.2, -0.15) is 0 Å². The average Bonchev–Trinajstić information content (AvgIpc) is 3.46. The number of carbonyl (C=O) groups excluding carboxylic acids is 7. The van der Waals surface area contributed by atoms with Crippen molar-refractivity contribution in [2.45, 2.75) is 66.2 Å². The van der Waals surface area contributed by atoms with Crippen LogP contribution in [0.4, 0.5) is 5.69 Å². The molecule has 0 bridgehead atoms. The molecular formula is C37H55N5O12. The van der Waals surface area contributed by atoms with Crippen LogP contribution in [0.1, 0.15) is 53.0 Å². The summed E-state index contributed by atoms with van der Waals surface area (Å²) in [7, 11) is 0. The van der Waals surface area contributed by atoms with Crippen molar-refractivity contribution >= 4 is 47.1 Å². The lowest BCUT2D eigenvalue weighted by molar-refractivity contribution is -0.150. The summed E-state index contributed by atoms with van der Waals surface area (Å²) in [6.07, 6.45) is 2.40. The summed E-state index contributed by atoms with van der Waals surface area (Å²) in [5.74, 6) is -2.76. The van der Waals surface area contributed by atoms with Crippen molar-refractivity contribution in [1.29, 1.82) is 0 Å². The van der Waals surface area contributed by atoms with E-state index in [-0.39, 0.29) is 82.0 Å². The van der Waals surface area contributed by atoms with Crippen LogP contribution in [0.2, 0.25) is 0 Å². The molecule has 300 valence electrons. The number of hydrogen-bond donors (Lipinski definition) is 4. The third-order valence-electron chi connectivity index (χ3n) is 8.12. The van der Waals surface area contributed by atoms with Crippen LogP contribution in [0.25, 0.3) is 0 Å². The molecule has 1 aromatic rings. The summed E-state index contributed by atoms with van der Waals surface area (Å²) in [5.41, 5.74) is 1.28. The van der Waals surface area contributed by atoms with Gasteiger partial charge in [-0.1, -0.05) is 32.9 Å². The van der Waals surface area contributed by atoms with Gasteiger partial charge in [-0.15, -0.1) is 0 Å². The summed E-state index contributed by atoms with van der Waals surface area (Å²) < 4.78 is 27.0. The second kappa shape index (κ2) is 25.3. The first-order chi connectivity index (χ1) is 25.8. The molecule has 1 aromatic carbocycles. The van der Waals surface area contributed by atoms with E-state index in [1.807, 2.05) is 20.8 Å². The maximum absolute atomic E-state index is 12.6. The van der Waals surface area contributed by atoms with Gasteiger partial charge in [0.2, 0.25) is 23.6 Å². The first-order valence-corrected chi connectivity index (χ1v) is 18.1. The van der Waals surface area contributed by atoms with Crippen LogP contribution in [0.15, 0.2) is 36.4 Å². The van der Waals surface area contributed by atoms with Crippen molar-refractivity contribution in [1.82, 2.24) is 20.9 Å². The summed E-state index contributed by atoms with van der Waals surface area (Å²) in [4.78, 5) is 85.3. The Kier molecular flexibility index (Phi) is 21.3. The van der Waals surface area contributed by atoms with Crippen LogP contribution >= 0.6 is 0 Å². The minimum Gasteiger partial charge on any atom is -0.461 e. The van der Waals surface area contributed by atoms with Crippen molar-refractivity contribution in [3.05, 3.63) is 42.0 Å². The molecular weight excluding hydrogens is 706 g/mol. The maximum atomic E-state index is 12.6. The molecule has 0 radical (unpaired) electrons. The quantitative estimate of drug-likeness (QED) is 0.0558. The van der Waals surface area contributed by atoms with E-state index < -0.39 is 35.7 Å². The number of anilines is 1. The van der Waals surface area contributed by atoms with Crippen LogP contribution in [0.3, 0.4) is 0 Å². The molecule has 1 heterocycles. The van der Waals surface area contributed by atoms with Gasteiger partial charge in [0.25, 0.3) is 11.8 Å². The topological polar surface area (TPSA) is 217 Å². The van der Waals surface area contributed by atoms with E-state index in [1.54, 1.807) is 24.3 Å². The fourth-order valence-electron chi connectivity index (χ4n) is 4.42. The molecule has 0 spiro atoms. The average molecular weight is 762 g/mol. The minimum atomic E-state index is -0.876. The smallest absolute Gasteiger partial charge is 0.309 e. The van der Waals surface area contributed by atoms with Crippen molar-refractivity contribution in [3.8, 4) is 0 Å². The Morgan fingerprint density at radius 1 is 0.648 bits per heavy atom. The van der Waals surface area contributed by atoms with Crippen molar-refractivity contribution in [3.63, 3.8) is 0 Å². The van der Waals surface area contributed by atoms with Crippen LogP contribution in [0.5, 0.6) is 0 Å². The molecule has 17 heteroatoms. The Morgan fingerprint density at radius 2 is 1.19 bits per heavy atom. The number of ether oxygens (including phenoxy) is 5. The normalized spacial score (nSPS) is 14.1. The molecule has 2 rings (SSSR count). The van der Waals surface area contributed by atoms with E-state index in [0.717, 1.165) is 10.5 Å². The van der Waals surface area contributed by atoms with E-state index in [2.05, 4.69) is 21.3 Å². The summed E-state index contributed by atoms with van der Waals surface area (Å²) >= 11 is 0. The van der Waals surface area contributed by atoms with E-state index in [9.17, 15) is 33.6 Å². The molecule has 0 aromatic heterocycles. The first kappa shape index (κ1) is 45.4. The van der Waals surface area contributed by atoms with Gasteiger partial charge in [0, 0.05) is 43.8 Å². The van der Waals surface area contributed by atoms with Crippen molar-refractivity contribution in [2.24, 2.45) is 11.8 Å². The number of esters is 1. The second-order valence-corrected chi connectivity index (χ2v) is 12.8. The zero-order valence-electron chi connectivity index (χ0n) is 31.8. The Morgan fingerprint density at radius 3 is 1.76 bits per heavy atom. The Bertz CT molecular complexity index is 1400. The lowest BCUT2D eigenvalue weighted by atomic mass is 9.99. The largest absolute Gasteiger partial charge is 0.461 e. The molecule has 54 heavy (non-hydrogen) atoms. The van der Waals surface area contributed by atoms with Gasteiger partial charge in [-0.05, 0) is 37.5 Å². The van der Waals surface area contributed by atoms with Crippen molar-refractivity contribution in [2.75, 3.05) is 71.3 Å². The number of imide groups is 1. The van der Waals surface area contributed by atoms with Crippen LogP contribution in [-0.2, 0) is 63.9 Å². The number of nitrogens with one attached hydrogen (secondary N) is 4. The highest BCUT2D eigenvalue weighted by molar-refractivity contribution is 6.13. The Hall–Kier alpha value is -4.71. The van der Waals surface area contributed by atoms with Crippen LogP contribution in [0, 0.1) is 11.8 Å².